The summed E-state index contributed by atoms with van der Waals surface area (Å²) in [6.07, 6.45) is 2.82. The highest BCUT2D eigenvalue weighted by molar-refractivity contribution is 5.68. The molecule has 0 heterocycles. The predicted octanol–water partition coefficient (Wildman–Crippen LogP) is 3.67. The second kappa shape index (κ2) is 5.81. The van der Waals surface area contributed by atoms with Crippen LogP contribution in [0, 0.1) is 18.7 Å². The number of ether oxygens (including phenoxy) is 1. The first-order chi connectivity index (χ1) is 9.49. The summed E-state index contributed by atoms with van der Waals surface area (Å²) in [5, 5.41) is 9.11. The molecule has 0 bridgehead atoms. The average molecular weight is 280 g/mol. The van der Waals surface area contributed by atoms with Crippen LogP contribution < -0.4 is 4.74 Å². The van der Waals surface area contributed by atoms with E-state index in [4.69, 9.17) is 9.84 Å². The van der Waals surface area contributed by atoms with Crippen molar-refractivity contribution in [2.45, 2.75) is 45.4 Å². The van der Waals surface area contributed by atoms with E-state index < -0.39 is 5.97 Å². The van der Waals surface area contributed by atoms with Gasteiger partial charge in [0, 0.05) is 5.56 Å². The third-order valence-corrected chi connectivity index (χ3v) is 4.15. The van der Waals surface area contributed by atoms with Crippen LogP contribution in [-0.4, -0.2) is 18.2 Å². The first-order valence-corrected chi connectivity index (χ1v) is 7.07. The second-order valence-corrected chi connectivity index (χ2v) is 5.48. The van der Waals surface area contributed by atoms with Gasteiger partial charge in [-0.25, -0.2) is 4.39 Å². The Labute approximate surface area is 118 Å². The number of carboxylic acid groups (broad SMARTS) is 1. The smallest absolute Gasteiger partial charge is 0.303 e. The molecular weight excluding hydrogens is 259 g/mol. The Hall–Kier alpha value is -1.58. The van der Waals surface area contributed by atoms with Crippen molar-refractivity contribution in [2.75, 3.05) is 7.11 Å². The van der Waals surface area contributed by atoms with E-state index in [0.29, 0.717) is 23.7 Å². The van der Waals surface area contributed by atoms with Gasteiger partial charge in [-0.2, -0.15) is 0 Å². The van der Waals surface area contributed by atoms with E-state index in [-0.39, 0.29) is 18.2 Å². The minimum atomic E-state index is -0.830. The average Bonchev–Trinajstić information content (AvgIpc) is 3.22. The topological polar surface area (TPSA) is 46.5 Å². The maximum Gasteiger partial charge on any atom is 0.303 e. The molecule has 1 unspecified atom stereocenters. The summed E-state index contributed by atoms with van der Waals surface area (Å²) in [4.78, 5) is 11.1. The number of halogens is 1. The van der Waals surface area contributed by atoms with E-state index in [1.165, 1.54) is 13.2 Å². The van der Waals surface area contributed by atoms with E-state index in [0.717, 1.165) is 24.0 Å². The first-order valence-electron chi connectivity index (χ1n) is 7.07. The molecule has 2 rings (SSSR count). The monoisotopic (exact) mass is 280 g/mol. The molecule has 3 nitrogen and oxygen atoms in total. The Morgan fingerprint density at radius 2 is 2.20 bits per heavy atom. The molecule has 0 amide bonds. The number of methoxy groups -OCH3 is 1. The Morgan fingerprint density at radius 3 is 2.65 bits per heavy atom. The molecule has 1 saturated carbocycles. The van der Waals surface area contributed by atoms with Crippen molar-refractivity contribution < 1.29 is 19.0 Å². The van der Waals surface area contributed by atoms with Crippen molar-refractivity contribution in [1.82, 2.24) is 0 Å². The standard InChI is InChI=1S/C16H21FO3/c1-4-11-13(7-14(17)9(2)16(11)20-3)12(8-15(18)19)10-5-6-10/h7,10,12H,4-6,8H2,1-3H3,(H,18,19). The van der Waals surface area contributed by atoms with Crippen molar-refractivity contribution in [3.8, 4) is 5.75 Å². The SMILES string of the molecule is CCc1c(C(CC(=O)O)C2CC2)cc(F)c(C)c1OC. The molecule has 0 saturated heterocycles. The Kier molecular flexibility index (Phi) is 4.31. The normalized spacial score (nSPS) is 16.0. The molecule has 1 N–H and O–H groups in total. The van der Waals surface area contributed by atoms with Crippen LogP contribution in [0.5, 0.6) is 5.75 Å². The lowest BCUT2D eigenvalue weighted by Gasteiger charge is -2.22. The summed E-state index contributed by atoms with van der Waals surface area (Å²) in [5.41, 5.74) is 2.26. The summed E-state index contributed by atoms with van der Waals surface area (Å²) >= 11 is 0. The van der Waals surface area contributed by atoms with E-state index in [9.17, 15) is 9.18 Å². The van der Waals surface area contributed by atoms with E-state index in [2.05, 4.69) is 0 Å². The molecule has 0 aromatic heterocycles. The molecule has 110 valence electrons. The van der Waals surface area contributed by atoms with Crippen LogP contribution in [0.3, 0.4) is 0 Å². The van der Waals surface area contributed by atoms with Gasteiger partial charge in [-0.15, -0.1) is 0 Å². The van der Waals surface area contributed by atoms with Gasteiger partial charge in [0.15, 0.2) is 0 Å². The summed E-state index contributed by atoms with van der Waals surface area (Å²) in [7, 11) is 1.54. The summed E-state index contributed by atoms with van der Waals surface area (Å²) < 4.78 is 19.5. The van der Waals surface area contributed by atoms with Crippen LogP contribution in [0.2, 0.25) is 0 Å². The van der Waals surface area contributed by atoms with E-state index in [1.54, 1.807) is 6.92 Å². The van der Waals surface area contributed by atoms with Crippen LogP contribution in [0.4, 0.5) is 4.39 Å². The molecule has 4 heteroatoms. The third-order valence-electron chi connectivity index (χ3n) is 4.15. The molecule has 0 radical (unpaired) electrons. The van der Waals surface area contributed by atoms with Gasteiger partial charge in [-0.05, 0) is 55.2 Å². The lowest BCUT2D eigenvalue weighted by atomic mass is 9.85. The summed E-state index contributed by atoms with van der Waals surface area (Å²) in [6.45, 7) is 3.68. The Balaban J connectivity index is 2.52. The van der Waals surface area contributed by atoms with Gasteiger partial charge in [0.2, 0.25) is 0 Å². The number of carboxylic acids is 1. The van der Waals surface area contributed by atoms with Crippen molar-refractivity contribution in [1.29, 1.82) is 0 Å². The number of hydrogen-bond donors (Lipinski definition) is 1. The first kappa shape index (κ1) is 14.8. The molecule has 20 heavy (non-hydrogen) atoms. The Morgan fingerprint density at radius 1 is 1.55 bits per heavy atom. The van der Waals surface area contributed by atoms with Gasteiger partial charge < -0.3 is 9.84 Å². The second-order valence-electron chi connectivity index (χ2n) is 5.48. The fourth-order valence-electron chi connectivity index (χ4n) is 2.99. The number of rotatable bonds is 6. The van der Waals surface area contributed by atoms with Crippen molar-refractivity contribution >= 4 is 5.97 Å². The maximum absolute atomic E-state index is 14.1. The number of aliphatic carboxylic acids is 1. The number of hydrogen-bond acceptors (Lipinski definition) is 2. The molecule has 0 spiro atoms. The zero-order chi connectivity index (χ0) is 14.9. The molecular formula is C16H21FO3. The van der Waals surface area contributed by atoms with Crippen LogP contribution >= 0.6 is 0 Å². The van der Waals surface area contributed by atoms with Crippen LogP contribution in [0.15, 0.2) is 6.07 Å². The van der Waals surface area contributed by atoms with Gasteiger partial charge in [-0.1, -0.05) is 6.92 Å². The van der Waals surface area contributed by atoms with Gasteiger partial charge in [0.05, 0.1) is 13.5 Å². The maximum atomic E-state index is 14.1. The fourth-order valence-corrected chi connectivity index (χ4v) is 2.99. The van der Waals surface area contributed by atoms with E-state index in [1.807, 2.05) is 6.92 Å². The lowest BCUT2D eigenvalue weighted by molar-refractivity contribution is -0.137. The van der Waals surface area contributed by atoms with Crippen LogP contribution in [-0.2, 0) is 11.2 Å². The number of carbonyl (C=O) groups is 1. The summed E-state index contributed by atoms with van der Waals surface area (Å²) in [5.74, 6) is -0.317. The quantitative estimate of drug-likeness (QED) is 0.864. The molecule has 1 aliphatic carbocycles. The third kappa shape index (κ3) is 2.79. The zero-order valence-electron chi connectivity index (χ0n) is 12.2. The molecule has 1 fully saturated rings. The fraction of sp³-hybridized carbons (Fsp3) is 0.562. The summed E-state index contributed by atoms with van der Waals surface area (Å²) in [6, 6.07) is 1.52. The lowest BCUT2D eigenvalue weighted by Crippen LogP contribution is -2.12. The molecule has 1 aromatic rings. The van der Waals surface area contributed by atoms with Gasteiger partial charge in [0.1, 0.15) is 11.6 Å². The highest BCUT2D eigenvalue weighted by Gasteiger charge is 2.36. The highest BCUT2D eigenvalue weighted by atomic mass is 19.1. The zero-order valence-corrected chi connectivity index (χ0v) is 12.2. The van der Waals surface area contributed by atoms with Crippen molar-refractivity contribution in [3.63, 3.8) is 0 Å². The number of benzene rings is 1. The van der Waals surface area contributed by atoms with Gasteiger partial charge >= 0.3 is 5.97 Å². The minimum absolute atomic E-state index is 0.0589. The molecule has 0 aliphatic heterocycles. The highest BCUT2D eigenvalue weighted by Crippen LogP contribution is 2.47. The largest absolute Gasteiger partial charge is 0.496 e. The van der Waals surface area contributed by atoms with E-state index >= 15 is 0 Å². The molecule has 1 aromatic carbocycles. The minimum Gasteiger partial charge on any atom is -0.496 e. The Bertz CT molecular complexity index is 521. The molecule has 1 atom stereocenters. The van der Waals surface area contributed by atoms with Gasteiger partial charge in [0.25, 0.3) is 0 Å². The van der Waals surface area contributed by atoms with Gasteiger partial charge in [-0.3, -0.25) is 4.79 Å². The van der Waals surface area contributed by atoms with Crippen LogP contribution in [0.25, 0.3) is 0 Å². The molecule has 1 aliphatic rings. The van der Waals surface area contributed by atoms with Crippen molar-refractivity contribution in [2.24, 2.45) is 5.92 Å². The van der Waals surface area contributed by atoms with Crippen molar-refractivity contribution in [3.05, 3.63) is 28.6 Å². The predicted molar refractivity (Wildman–Crippen MR) is 74.8 cm³/mol. The van der Waals surface area contributed by atoms with Crippen LogP contribution in [0.1, 0.15) is 48.8 Å².